The number of benzene rings is 3. The number of sulfonamides is 1. The molecule has 3 aromatic rings. The molecule has 0 heterocycles. The lowest BCUT2D eigenvalue weighted by Gasteiger charge is -2.25. The fourth-order valence-electron chi connectivity index (χ4n) is 3.36. The first kappa shape index (κ1) is 25.0. The Balaban J connectivity index is 1.93. The average Bonchev–Trinajstić information content (AvgIpc) is 2.83. The van der Waals surface area contributed by atoms with E-state index in [2.05, 4.69) is 10.6 Å². The Kier molecular flexibility index (Phi) is 8.07. The molecular weight excluding hydrogens is 450 g/mol. The molecule has 0 aromatic heterocycles. The maximum absolute atomic E-state index is 13.5. The van der Waals surface area contributed by atoms with Crippen LogP contribution < -0.4 is 14.9 Å². The molecule has 34 heavy (non-hydrogen) atoms. The summed E-state index contributed by atoms with van der Waals surface area (Å²) in [6.45, 7) is 5.82. The van der Waals surface area contributed by atoms with E-state index in [9.17, 15) is 18.0 Å². The maximum atomic E-state index is 13.5. The molecule has 0 radical (unpaired) electrons. The molecule has 7 nitrogen and oxygen atoms in total. The third kappa shape index (κ3) is 5.82. The van der Waals surface area contributed by atoms with Crippen molar-refractivity contribution in [2.75, 3.05) is 22.7 Å². The number of hydrogen-bond donors (Lipinski definition) is 2. The second kappa shape index (κ2) is 11.0. The van der Waals surface area contributed by atoms with E-state index in [1.807, 2.05) is 26.8 Å². The normalized spacial score (nSPS) is 11.0. The molecular formula is C26H29N3O4S. The molecule has 0 atom stereocenters. The van der Waals surface area contributed by atoms with Crippen LogP contribution in [0.5, 0.6) is 0 Å². The first-order valence-corrected chi connectivity index (χ1v) is 12.5. The SMILES string of the molecule is CCCNC(=O)c1ccccc1NC(=O)CN(c1ccc(C)c(C)c1)S(=O)(=O)c1ccccc1. The van der Waals surface area contributed by atoms with E-state index in [1.54, 1.807) is 54.6 Å². The summed E-state index contributed by atoms with van der Waals surface area (Å²) in [5, 5.41) is 5.50. The molecule has 3 rings (SSSR count). The first-order chi connectivity index (χ1) is 16.2. The molecule has 2 amide bonds. The zero-order valence-electron chi connectivity index (χ0n) is 19.5. The van der Waals surface area contributed by atoms with Gasteiger partial charge < -0.3 is 10.6 Å². The number of aryl methyl sites for hydroxylation is 2. The molecule has 0 aliphatic heterocycles. The van der Waals surface area contributed by atoms with E-state index in [1.165, 1.54) is 12.1 Å². The van der Waals surface area contributed by atoms with Gasteiger partial charge in [0.2, 0.25) is 5.91 Å². The molecule has 0 aliphatic rings. The number of carbonyl (C=O) groups is 2. The topological polar surface area (TPSA) is 95.6 Å². The Labute approximate surface area is 200 Å². The largest absolute Gasteiger partial charge is 0.352 e. The number of nitrogens with zero attached hydrogens (tertiary/aromatic N) is 1. The van der Waals surface area contributed by atoms with Gasteiger partial charge in [-0.2, -0.15) is 0 Å². The molecule has 0 saturated carbocycles. The molecule has 2 N–H and O–H groups in total. The fraction of sp³-hybridized carbons (Fsp3) is 0.231. The monoisotopic (exact) mass is 479 g/mol. The van der Waals surface area contributed by atoms with Crippen LogP contribution in [0.4, 0.5) is 11.4 Å². The highest BCUT2D eigenvalue weighted by atomic mass is 32.2. The highest BCUT2D eigenvalue weighted by Gasteiger charge is 2.27. The Bertz CT molecular complexity index is 1270. The van der Waals surface area contributed by atoms with Crippen LogP contribution in [0.3, 0.4) is 0 Å². The van der Waals surface area contributed by atoms with Crippen LogP contribution in [-0.2, 0) is 14.8 Å². The smallest absolute Gasteiger partial charge is 0.264 e. The van der Waals surface area contributed by atoms with Gasteiger partial charge in [-0.1, -0.05) is 43.3 Å². The lowest BCUT2D eigenvalue weighted by Crippen LogP contribution is -2.38. The third-order valence-electron chi connectivity index (χ3n) is 5.38. The van der Waals surface area contributed by atoms with Crippen LogP contribution in [0.25, 0.3) is 0 Å². The predicted molar refractivity (Wildman–Crippen MR) is 135 cm³/mol. The quantitative estimate of drug-likeness (QED) is 0.479. The Morgan fingerprint density at radius 1 is 0.882 bits per heavy atom. The summed E-state index contributed by atoms with van der Waals surface area (Å²) in [5.41, 5.74) is 2.93. The van der Waals surface area contributed by atoms with Crippen molar-refractivity contribution in [2.45, 2.75) is 32.1 Å². The van der Waals surface area contributed by atoms with E-state index in [0.717, 1.165) is 21.9 Å². The Hall–Kier alpha value is -3.65. The zero-order valence-corrected chi connectivity index (χ0v) is 20.4. The lowest BCUT2D eigenvalue weighted by molar-refractivity contribution is -0.114. The third-order valence-corrected chi connectivity index (χ3v) is 7.17. The highest BCUT2D eigenvalue weighted by molar-refractivity contribution is 7.92. The van der Waals surface area contributed by atoms with Gasteiger partial charge in [0.15, 0.2) is 0 Å². The van der Waals surface area contributed by atoms with Crippen LogP contribution in [0.15, 0.2) is 77.7 Å². The zero-order chi connectivity index (χ0) is 24.7. The van der Waals surface area contributed by atoms with Gasteiger partial charge in [0.05, 0.1) is 21.8 Å². The van der Waals surface area contributed by atoms with Gasteiger partial charge in [-0.3, -0.25) is 13.9 Å². The Morgan fingerprint density at radius 2 is 1.56 bits per heavy atom. The summed E-state index contributed by atoms with van der Waals surface area (Å²) in [4.78, 5) is 25.6. The van der Waals surface area contributed by atoms with Crippen molar-refractivity contribution in [1.29, 1.82) is 0 Å². The van der Waals surface area contributed by atoms with Crippen molar-refractivity contribution in [3.05, 3.63) is 89.5 Å². The maximum Gasteiger partial charge on any atom is 0.264 e. The summed E-state index contributed by atoms with van der Waals surface area (Å²) < 4.78 is 28.1. The molecule has 178 valence electrons. The van der Waals surface area contributed by atoms with Gasteiger partial charge in [0.1, 0.15) is 6.54 Å². The molecule has 3 aromatic carbocycles. The molecule has 0 unspecified atom stereocenters. The molecule has 0 spiro atoms. The molecule has 0 bridgehead atoms. The molecule has 0 aliphatic carbocycles. The Morgan fingerprint density at radius 3 is 2.24 bits per heavy atom. The fourth-order valence-corrected chi connectivity index (χ4v) is 4.79. The summed E-state index contributed by atoms with van der Waals surface area (Å²) in [6, 6.07) is 19.9. The minimum Gasteiger partial charge on any atom is -0.352 e. The second-order valence-corrected chi connectivity index (χ2v) is 9.81. The van der Waals surface area contributed by atoms with Crippen molar-refractivity contribution >= 4 is 33.2 Å². The number of anilines is 2. The number of para-hydroxylation sites is 1. The number of hydrogen-bond acceptors (Lipinski definition) is 4. The van der Waals surface area contributed by atoms with Gasteiger partial charge >= 0.3 is 0 Å². The van der Waals surface area contributed by atoms with Gasteiger partial charge in [0.25, 0.3) is 15.9 Å². The lowest BCUT2D eigenvalue weighted by atomic mass is 10.1. The minimum atomic E-state index is -4.02. The van der Waals surface area contributed by atoms with Crippen LogP contribution in [0, 0.1) is 13.8 Å². The molecule has 0 saturated heterocycles. The first-order valence-electron chi connectivity index (χ1n) is 11.1. The van der Waals surface area contributed by atoms with E-state index < -0.39 is 22.5 Å². The second-order valence-electron chi connectivity index (χ2n) is 7.94. The minimum absolute atomic E-state index is 0.0837. The van der Waals surface area contributed by atoms with Gasteiger partial charge in [-0.15, -0.1) is 0 Å². The van der Waals surface area contributed by atoms with E-state index in [4.69, 9.17) is 0 Å². The van der Waals surface area contributed by atoms with Crippen LogP contribution >= 0.6 is 0 Å². The van der Waals surface area contributed by atoms with Crippen molar-refractivity contribution in [3.8, 4) is 0 Å². The molecule has 8 heteroatoms. The summed E-state index contributed by atoms with van der Waals surface area (Å²) in [5.74, 6) is -0.867. The van der Waals surface area contributed by atoms with Crippen LogP contribution in [-0.4, -0.2) is 33.3 Å². The van der Waals surface area contributed by atoms with Crippen molar-refractivity contribution < 1.29 is 18.0 Å². The van der Waals surface area contributed by atoms with Crippen LogP contribution in [0.1, 0.15) is 34.8 Å². The van der Waals surface area contributed by atoms with E-state index >= 15 is 0 Å². The van der Waals surface area contributed by atoms with Gasteiger partial charge in [-0.25, -0.2) is 8.42 Å². The number of nitrogens with one attached hydrogen (secondary N) is 2. The number of rotatable bonds is 9. The van der Waals surface area contributed by atoms with Crippen LogP contribution in [0.2, 0.25) is 0 Å². The van der Waals surface area contributed by atoms with Crippen molar-refractivity contribution in [3.63, 3.8) is 0 Å². The number of carbonyl (C=O) groups excluding carboxylic acids is 2. The van der Waals surface area contributed by atoms with E-state index in [-0.39, 0.29) is 10.8 Å². The highest BCUT2D eigenvalue weighted by Crippen LogP contribution is 2.26. The van der Waals surface area contributed by atoms with Gasteiger partial charge in [0, 0.05) is 6.54 Å². The van der Waals surface area contributed by atoms with E-state index in [0.29, 0.717) is 23.5 Å². The summed E-state index contributed by atoms with van der Waals surface area (Å²) >= 11 is 0. The van der Waals surface area contributed by atoms with Crippen molar-refractivity contribution in [2.24, 2.45) is 0 Å². The summed E-state index contributed by atoms with van der Waals surface area (Å²) in [6.07, 6.45) is 0.780. The summed E-state index contributed by atoms with van der Waals surface area (Å²) in [7, 11) is -4.02. The molecule has 0 fully saturated rings. The average molecular weight is 480 g/mol. The standard InChI is InChI=1S/C26H29N3O4S/c1-4-16-27-26(31)23-12-8-9-13-24(23)28-25(30)18-29(21-15-14-19(2)20(3)17-21)34(32,33)22-10-6-5-7-11-22/h5-15,17H,4,16,18H2,1-3H3,(H,27,31)(H,28,30). The predicted octanol–water partition coefficient (Wildman–Crippen LogP) is 4.28. The van der Waals surface area contributed by atoms with Gasteiger partial charge in [-0.05, 0) is 67.8 Å². The number of amides is 2. The van der Waals surface area contributed by atoms with Crippen molar-refractivity contribution in [1.82, 2.24) is 5.32 Å².